The van der Waals surface area contributed by atoms with Gasteiger partial charge in [0.05, 0.1) is 0 Å². The molecule has 0 aromatic heterocycles. The van der Waals surface area contributed by atoms with Gasteiger partial charge in [-0.25, -0.2) is 0 Å². The van der Waals surface area contributed by atoms with E-state index in [2.05, 4.69) is 242 Å². The summed E-state index contributed by atoms with van der Waals surface area (Å²) in [5.41, 5.74) is 6.12. The molecule has 0 bridgehead atoms. The first-order valence-corrected chi connectivity index (χ1v) is 49.2. The Hall–Kier alpha value is -1.56. The average Bonchev–Trinajstić information content (AvgIpc) is 0.945. The van der Waals surface area contributed by atoms with Crippen LogP contribution in [0.15, 0.2) is 48.5 Å². The molecule has 1 aliphatic rings. The molecule has 106 heavy (non-hydrogen) atoms. The minimum Gasteiger partial charge on any atom is -0.0656 e. The summed E-state index contributed by atoms with van der Waals surface area (Å²) in [6.45, 7) is 62.9. The highest BCUT2D eigenvalue weighted by molar-refractivity contribution is 5.22. The van der Waals surface area contributed by atoms with Crippen LogP contribution in [0.2, 0.25) is 0 Å². The van der Waals surface area contributed by atoms with Crippen molar-refractivity contribution < 1.29 is 0 Å². The molecule has 0 N–H and O–H groups in total. The number of rotatable bonds is 51. The van der Waals surface area contributed by atoms with Gasteiger partial charge in [0.2, 0.25) is 0 Å². The summed E-state index contributed by atoms with van der Waals surface area (Å²) in [6, 6.07) is 17.3. The van der Waals surface area contributed by atoms with Crippen LogP contribution < -0.4 is 0 Å². The largest absolute Gasteiger partial charge is 0.0656 e. The summed E-state index contributed by atoms with van der Waals surface area (Å²) in [4.78, 5) is 0. The molecule has 1 fully saturated rings. The van der Waals surface area contributed by atoms with Gasteiger partial charge in [0.15, 0.2) is 0 Å². The number of benzene rings is 2. The normalized spacial score (nSPS) is 12.4. The van der Waals surface area contributed by atoms with Crippen LogP contribution in [0.25, 0.3) is 0 Å². The number of unbranched alkanes of at least 4 members (excludes halogenated alkanes) is 40. The van der Waals surface area contributed by atoms with Crippen LogP contribution in [0.5, 0.6) is 0 Å². The monoisotopic (exact) mass is 1490 g/mol. The lowest BCUT2D eigenvalue weighted by atomic mass is 9.84. The lowest BCUT2D eigenvalue weighted by Crippen LogP contribution is -2.09. The maximum absolute atomic E-state index is 2.38. The second kappa shape index (κ2) is 114. The summed E-state index contributed by atoms with van der Waals surface area (Å²) < 4.78 is 0. The Balaban J connectivity index is -0.000000142. The molecule has 2 aromatic rings. The quantitative estimate of drug-likeness (QED) is 0.0579. The van der Waals surface area contributed by atoms with E-state index >= 15 is 0 Å². The van der Waals surface area contributed by atoms with E-state index in [1.54, 1.807) is 0 Å². The van der Waals surface area contributed by atoms with E-state index in [0.717, 1.165) is 36.5 Å². The highest BCUT2D eigenvalue weighted by atomic mass is 14.2. The SMILES string of the molecule is CC1CCC(C)CC1.CCC.CCC(C)C.CCCC.CCCC(C)(C)CCC.CCCCC.CCCCC(C)CCCC.CCCCCCCCCCCC.CCCCCCCCCCCCCC.CCCCCCCCCCCCCCCCCC.CCc1ccc(CC)cc1.Cc1ccc(C)cc1. The van der Waals surface area contributed by atoms with Crippen LogP contribution in [-0.2, 0) is 12.8 Å². The molecule has 0 radical (unpaired) electrons. The van der Waals surface area contributed by atoms with Crippen LogP contribution in [0, 0.1) is 42.9 Å². The van der Waals surface area contributed by atoms with Crippen molar-refractivity contribution in [3.8, 4) is 0 Å². The molecule has 0 aliphatic heterocycles. The van der Waals surface area contributed by atoms with Gasteiger partial charge in [-0.05, 0) is 79.7 Å². The van der Waals surface area contributed by atoms with Gasteiger partial charge in [0.1, 0.15) is 0 Å². The summed E-state index contributed by atoms with van der Waals surface area (Å²) >= 11 is 0. The molecule has 0 spiro atoms. The van der Waals surface area contributed by atoms with Crippen LogP contribution in [0.3, 0.4) is 0 Å². The van der Waals surface area contributed by atoms with E-state index in [0.29, 0.717) is 5.41 Å². The molecule has 0 heteroatoms. The van der Waals surface area contributed by atoms with Crippen LogP contribution in [0.4, 0.5) is 0 Å². The Morgan fingerprint density at radius 1 is 0.264 bits per heavy atom. The Labute approximate surface area is 681 Å². The Kier molecular flexibility index (Phi) is 132. The van der Waals surface area contributed by atoms with Crippen molar-refractivity contribution in [3.63, 3.8) is 0 Å². The standard InChI is InChI=1S/C18H38.C14H30.C12H26.C10H14.C10H22.C9H20.C8H16.C8H10.2C5H12.C4H10.C3H8/c1-3-5-7-9-11-13-15-17-18-16-14-12-10-8-6-4-2;1-3-5-7-9-11-13-14-12-10-8-6-4-2;1-3-5-7-9-11-12-10-8-6-4-2;1-3-9-5-7-10(4-2)8-6-9;1-4-6-8-10(3)9-7-5-2;1-5-7-9(3,4)8-6-2;2*1-7-3-5-8(2)6-4-7;1-4-5(2)3;1-3-5-4-2;1-3-4-2;1-3-2/h3-18H2,1-2H3;3-14H2,1-2H3;3-12H2,1-2H3;5-8H,3-4H2,1-2H3;10H,4-9H2,1-3H3;5-8H2,1-4H3;7-8H,3-6H2,1-2H3;3-6H,1-2H3;5H,4H2,1-3H3;3-5H2,1-2H3;3-4H2,1-2H3;3H2,1-2H3. The van der Waals surface area contributed by atoms with Gasteiger partial charge >= 0.3 is 0 Å². The molecule has 2 aromatic carbocycles. The number of aryl methyl sites for hydroxylation is 4. The van der Waals surface area contributed by atoms with Gasteiger partial charge in [-0.15, -0.1) is 0 Å². The Bertz CT molecular complexity index is 1510. The third-order valence-corrected chi connectivity index (χ3v) is 20.7. The molecular weight excluding hydrogens is 1270 g/mol. The smallest absolute Gasteiger partial charge is 0.0307 e. The van der Waals surface area contributed by atoms with Crippen molar-refractivity contribution in [3.05, 3.63) is 70.8 Å². The zero-order chi connectivity index (χ0) is 81.9. The van der Waals surface area contributed by atoms with Crippen molar-refractivity contribution in [1.82, 2.24) is 0 Å². The topological polar surface area (TPSA) is 0 Å². The van der Waals surface area contributed by atoms with Gasteiger partial charge in [-0.1, -0.05) is 606 Å². The maximum atomic E-state index is 2.38. The van der Waals surface area contributed by atoms with Crippen molar-refractivity contribution in [2.45, 2.75) is 586 Å². The lowest BCUT2D eigenvalue weighted by Gasteiger charge is -2.22. The van der Waals surface area contributed by atoms with Crippen molar-refractivity contribution in [1.29, 1.82) is 0 Å². The first-order chi connectivity index (χ1) is 51.1. The first kappa shape index (κ1) is 123. The van der Waals surface area contributed by atoms with E-state index < -0.39 is 0 Å². The van der Waals surface area contributed by atoms with Crippen LogP contribution in [0.1, 0.15) is 581 Å². The second-order valence-electron chi connectivity index (χ2n) is 34.3. The molecule has 3 rings (SSSR count). The lowest BCUT2D eigenvalue weighted by molar-refractivity contribution is 0.301. The molecule has 0 saturated heterocycles. The minimum absolute atomic E-state index is 0.601. The van der Waals surface area contributed by atoms with E-state index in [1.165, 1.54) is 401 Å². The van der Waals surface area contributed by atoms with Gasteiger partial charge in [-0.3, -0.25) is 0 Å². The molecule has 0 nitrogen and oxygen atoms in total. The average molecular weight is 1490 g/mol. The summed E-state index contributed by atoms with van der Waals surface area (Å²) in [5, 5.41) is 0. The highest BCUT2D eigenvalue weighted by Crippen LogP contribution is 2.28. The fraction of sp³-hybridized carbons (Fsp3) is 0.887. The third kappa shape index (κ3) is 135. The van der Waals surface area contributed by atoms with Gasteiger partial charge < -0.3 is 0 Å². The van der Waals surface area contributed by atoms with E-state index in [4.69, 9.17) is 0 Å². The van der Waals surface area contributed by atoms with Crippen molar-refractivity contribution >= 4 is 0 Å². The van der Waals surface area contributed by atoms with Crippen LogP contribution >= 0.6 is 0 Å². The predicted molar refractivity (Wildman–Crippen MR) is 506 cm³/mol. The van der Waals surface area contributed by atoms with Gasteiger partial charge in [0.25, 0.3) is 0 Å². The third-order valence-electron chi connectivity index (χ3n) is 20.7. The van der Waals surface area contributed by atoms with Crippen molar-refractivity contribution in [2.75, 3.05) is 0 Å². The molecule has 0 amide bonds. The second-order valence-corrected chi connectivity index (χ2v) is 34.3. The fourth-order valence-electron chi connectivity index (χ4n) is 12.3. The summed E-state index contributed by atoms with van der Waals surface area (Å²) in [6.07, 6.45) is 86.6. The highest BCUT2D eigenvalue weighted by Gasteiger charge is 2.14. The number of hydrogen-bond acceptors (Lipinski definition) is 0. The fourth-order valence-corrected chi connectivity index (χ4v) is 12.3. The van der Waals surface area contributed by atoms with Gasteiger partial charge in [0, 0.05) is 0 Å². The van der Waals surface area contributed by atoms with E-state index in [-0.39, 0.29) is 0 Å². The first-order valence-electron chi connectivity index (χ1n) is 49.2. The summed E-state index contributed by atoms with van der Waals surface area (Å²) in [7, 11) is 0. The maximum Gasteiger partial charge on any atom is -0.0307 e. The molecule has 642 valence electrons. The van der Waals surface area contributed by atoms with Crippen molar-refractivity contribution in [2.24, 2.45) is 29.1 Å². The molecule has 0 unspecified atom stereocenters. The van der Waals surface area contributed by atoms with Crippen LogP contribution in [-0.4, -0.2) is 0 Å². The van der Waals surface area contributed by atoms with E-state index in [1.807, 2.05) is 0 Å². The predicted octanol–water partition coefficient (Wildman–Crippen LogP) is 40.9. The molecule has 1 saturated carbocycles. The molecule has 0 heterocycles. The van der Waals surface area contributed by atoms with E-state index in [9.17, 15) is 0 Å². The minimum atomic E-state index is 0.601. The Morgan fingerprint density at radius 2 is 0.443 bits per heavy atom. The zero-order valence-corrected chi connectivity index (χ0v) is 80.6. The molecule has 0 atom stereocenters. The summed E-state index contributed by atoms with van der Waals surface area (Å²) in [5.74, 6) is 3.90. The molecular formula is C106H218. The molecule has 1 aliphatic carbocycles. The van der Waals surface area contributed by atoms with Gasteiger partial charge in [-0.2, -0.15) is 0 Å². The zero-order valence-electron chi connectivity index (χ0n) is 80.6. The Morgan fingerprint density at radius 3 is 0.575 bits per heavy atom. The number of hydrogen-bond donors (Lipinski definition) is 0.